The van der Waals surface area contributed by atoms with Gasteiger partial charge in [0.2, 0.25) is 0 Å². The lowest BCUT2D eigenvalue weighted by Gasteiger charge is -2.23. The van der Waals surface area contributed by atoms with Crippen molar-refractivity contribution >= 4 is 43.2 Å². The van der Waals surface area contributed by atoms with E-state index in [-0.39, 0.29) is 16.5 Å². The molecule has 3 nitrogen and oxygen atoms in total. The number of nitrogens with zero attached hydrogens (tertiary/aromatic N) is 1. The summed E-state index contributed by atoms with van der Waals surface area (Å²) in [6.07, 6.45) is 0. The molecule has 0 aliphatic carbocycles. The highest BCUT2D eigenvalue weighted by Gasteiger charge is 2.24. The number of rotatable bonds is 4. The van der Waals surface area contributed by atoms with E-state index in [1.165, 1.54) is 28.6 Å². The Morgan fingerprint density at radius 3 is 2.33 bits per heavy atom. The van der Waals surface area contributed by atoms with Gasteiger partial charge in [0.1, 0.15) is 5.82 Å². The van der Waals surface area contributed by atoms with Crippen LogP contribution in [0.4, 0.5) is 10.1 Å². The maximum atomic E-state index is 13.2. The fourth-order valence-electron chi connectivity index (χ4n) is 1.87. The lowest BCUT2D eigenvalue weighted by molar-refractivity contribution is 0.591. The summed E-state index contributed by atoms with van der Waals surface area (Å²) in [4.78, 5) is 0.160. The summed E-state index contributed by atoms with van der Waals surface area (Å²) in [5.41, 5.74) is 0.326. The number of hydrogen-bond donors (Lipinski definition) is 0. The van der Waals surface area contributed by atoms with Crippen LogP contribution in [0.25, 0.3) is 0 Å². The maximum absolute atomic E-state index is 13.2. The first-order valence-electron chi connectivity index (χ1n) is 6.09. The summed E-state index contributed by atoms with van der Waals surface area (Å²) in [7, 11) is -3.72. The van der Waals surface area contributed by atoms with Gasteiger partial charge < -0.3 is 0 Å². The molecule has 0 saturated carbocycles. The largest absolute Gasteiger partial charge is 0.267 e. The molecular weight excluding hydrogens is 381 g/mol. The van der Waals surface area contributed by atoms with Gasteiger partial charge in [0.25, 0.3) is 10.0 Å². The average Bonchev–Trinajstić information content (AvgIpc) is 2.44. The van der Waals surface area contributed by atoms with Gasteiger partial charge in [-0.3, -0.25) is 4.31 Å². The Morgan fingerprint density at radius 1 is 1.19 bits per heavy atom. The van der Waals surface area contributed by atoms with Crippen molar-refractivity contribution in [1.29, 1.82) is 0 Å². The number of sulfonamides is 1. The zero-order valence-corrected chi connectivity index (χ0v) is 14.2. The van der Waals surface area contributed by atoms with Crippen LogP contribution in [0.3, 0.4) is 0 Å². The third kappa shape index (κ3) is 3.39. The van der Waals surface area contributed by atoms with Crippen LogP contribution < -0.4 is 4.31 Å². The van der Waals surface area contributed by atoms with E-state index in [0.717, 1.165) is 10.5 Å². The standard InChI is InChI=1S/C14H12BrClFNO2S/c1-2-18(11-5-8-14(17)13(16)9-11)21(19,20)12-6-3-10(15)4-7-12/h3-9H,2H2,1H3. The molecule has 0 bridgehead atoms. The minimum Gasteiger partial charge on any atom is -0.267 e. The SMILES string of the molecule is CCN(c1ccc(F)c(Cl)c1)S(=O)(=O)c1ccc(Br)cc1. The zero-order valence-electron chi connectivity index (χ0n) is 11.1. The van der Waals surface area contributed by atoms with E-state index < -0.39 is 15.8 Å². The molecule has 0 aromatic heterocycles. The van der Waals surface area contributed by atoms with Crippen LogP contribution >= 0.6 is 27.5 Å². The molecule has 0 atom stereocenters. The molecule has 112 valence electrons. The first-order chi connectivity index (χ1) is 9.86. The molecule has 0 spiro atoms. The fraction of sp³-hybridized carbons (Fsp3) is 0.143. The Balaban J connectivity index is 2.48. The Morgan fingerprint density at radius 2 is 1.81 bits per heavy atom. The lowest BCUT2D eigenvalue weighted by atomic mass is 10.3. The van der Waals surface area contributed by atoms with Crippen LogP contribution in [-0.4, -0.2) is 15.0 Å². The third-order valence-electron chi connectivity index (χ3n) is 2.88. The van der Waals surface area contributed by atoms with Gasteiger partial charge >= 0.3 is 0 Å². The molecule has 21 heavy (non-hydrogen) atoms. The molecule has 0 amide bonds. The predicted molar refractivity (Wildman–Crippen MR) is 85.8 cm³/mol. The van der Waals surface area contributed by atoms with Crippen LogP contribution in [-0.2, 0) is 10.0 Å². The normalized spacial score (nSPS) is 11.4. The lowest BCUT2D eigenvalue weighted by Crippen LogP contribution is -2.30. The Bertz CT molecular complexity index is 750. The van der Waals surface area contributed by atoms with Crippen molar-refractivity contribution in [2.24, 2.45) is 0 Å². The Labute approximate surface area is 136 Å². The predicted octanol–water partition coefficient (Wildman–Crippen LogP) is 4.46. The van der Waals surface area contributed by atoms with Crippen molar-refractivity contribution in [2.75, 3.05) is 10.8 Å². The summed E-state index contributed by atoms with van der Waals surface area (Å²) in [5, 5.41) is -0.114. The van der Waals surface area contributed by atoms with Gasteiger partial charge in [-0.1, -0.05) is 27.5 Å². The van der Waals surface area contributed by atoms with Crippen molar-refractivity contribution in [3.63, 3.8) is 0 Å². The van der Waals surface area contributed by atoms with Crippen molar-refractivity contribution in [3.8, 4) is 0 Å². The maximum Gasteiger partial charge on any atom is 0.264 e. The van der Waals surface area contributed by atoms with Crippen LogP contribution in [0.5, 0.6) is 0 Å². The molecule has 7 heteroatoms. The van der Waals surface area contributed by atoms with E-state index in [4.69, 9.17) is 11.6 Å². The molecule has 0 N–H and O–H groups in total. The summed E-state index contributed by atoms with van der Waals surface area (Å²) in [6, 6.07) is 10.2. The quantitative estimate of drug-likeness (QED) is 0.770. The molecule has 0 fully saturated rings. The summed E-state index contributed by atoms with van der Waals surface area (Å²) < 4.78 is 40.5. The van der Waals surface area contributed by atoms with Crippen LogP contribution in [0.15, 0.2) is 51.8 Å². The molecule has 0 unspecified atom stereocenters. The van der Waals surface area contributed by atoms with E-state index in [1.54, 1.807) is 19.1 Å². The number of anilines is 1. The highest BCUT2D eigenvalue weighted by atomic mass is 79.9. The number of halogens is 3. The molecule has 0 aliphatic rings. The Hall–Kier alpha value is -1.11. The van der Waals surface area contributed by atoms with Crippen LogP contribution in [0.1, 0.15) is 6.92 Å². The minimum atomic E-state index is -3.72. The molecule has 2 aromatic rings. The molecule has 2 aromatic carbocycles. The van der Waals surface area contributed by atoms with Gasteiger partial charge in [-0.2, -0.15) is 0 Å². The average molecular weight is 393 g/mol. The van der Waals surface area contributed by atoms with Gasteiger partial charge in [0.15, 0.2) is 0 Å². The molecule has 2 rings (SSSR count). The molecular formula is C14H12BrClFNO2S. The van der Waals surface area contributed by atoms with E-state index in [1.807, 2.05) is 0 Å². The molecule has 0 saturated heterocycles. The highest BCUT2D eigenvalue weighted by Crippen LogP contribution is 2.28. The smallest absolute Gasteiger partial charge is 0.264 e. The fourth-order valence-corrected chi connectivity index (χ4v) is 3.77. The monoisotopic (exact) mass is 391 g/mol. The van der Waals surface area contributed by atoms with Crippen LogP contribution in [0.2, 0.25) is 5.02 Å². The summed E-state index contributed by atoms with van der Waals surface area (Å²) in [5.74, 6) is -0.586. The summed E-state index contributed by atoms with van der Waals surface area (Å²) in [6.45, 7) is 1.91. The number of benzene rings is 2. The van der Waals surface area contributed by atoms with E-state index in [9.17, 15) is 12.8 Å². The topological polar surface area (TPSA) is 37.4 Å². The highest BCUT2D eigenvalue weighted by molar-refractivity contribution is 9.10. The molecule has 0 heterocycles. The number of hydrogen-bond acceptors (Lipinski definition) is 2. The van der Waals surface area contributed by atoms with Gasteiger partial charge in [0, 0.05) is 11.0 Å². The second kappa shape index (κ2) is 6.34. The van der Waals surface area contributed by atoms with Crippen molar-refractivity contribution < 1.29 is 12.8 Å². The van der Waals surface area contributed by atoms with E-state index in [2.05, 4.69) is 15.9 Å². The second-order valence-corrected chi connectivity index (χ2v) is 7.41. The van der Waals surface area contributed by atoms with E-state index in [0.29, 0.717) is 5.69 Å². The van der Waals surface area contributed by atoms with Crippen LogP contribution in [0, 0.1) is 5.82 Å². The van der Waals surface area contributed by atoms with Crippen molar-refractivity contribution in [2.45, 2.75) is 11.8 Å². The Kier molecular flexibility index (Phi) is 4.91. The van der Waals surface area contributed by atoms with Gasteiger partial charge in [-0.15, -0.1) is 0 Å². The molecule has 0 aliphatic heterocycles. The molecule has 0 radical (unpaired) electrons. The van der Waals surface area contributed by atoms with Gasteiger partial charge in [-0.05, 0) is 49.4 Å². The van der Waals surface area contributed by atoms with Gasteiger partial charge in [0.05, 0.1) is 15.6 Å². The zero-order chi connectivity index (χ0) is 15.6. The van der Waals surface area contributed by atoms with Crippen molar-refractivity contribution in [3.05, 3.63) is 57.8 Å². The van der Waals surface area contributed by atoms with Gasteiger partial charge in [-0.25, -0.2) is 12.8 Å². The first-order valence-corrected chi connectivity index (χ1v) is 8.70. The summed E-state index contributed by atoms with van der Waals surface area (Å²) >= 11 is 8.99. The van der Waals surface area contributed by atoms with Crippen molar-refractivity contribution in [1.82, 2.24) is 0 Å². The van der Waals surface area contributed by atoms with E-state index >= 15 is 0 Å². The minimum absolute atomic E-state index is 0.114. The first kappa shape index (κ1) is 16.3. The third-order valence-corrected chi connectivity index (χ3v) is 5.62. The second-order valence-electron chi connectivity index (χ2n) is 4.22.